The smallest absolute Gasteiger partial charge is 0.0887 e. The average molecular weight is 129 g/mol. The molecule has 0 saturated carbocycles. The lowest BCUT2D eigenvalue weighted by Gasteiger charge is -2.15. The summed E-state index contributed by atoms with van der Waals surface area (Å²) in [6.45, 7) is 0. The molecule has 2 aliphatic rings. The number of fused-ring (bicyclic) bond motifs is 1. The lowest BCUT2D eigenvalue weighted by atomic mass is 9.95. The highest BCUT2D eigenvalue weighted by Crippen LogP contribution is 2.17. The molecule has 1 heteroatoms. The molecule has 1 aliphatic carbocycles. The van der Waals surface area contributed by atoms with Crippen molar-refractivity contribution in [2.45, 2.75) is 6.04 Å². The van der Waals surface area contributed by atoms with Gasteiger partial charge in [0.15, 0.2) is 0 Å². The third kappa shape index (κ3) is 0.784. The number of hydrogen-bond acceptors (Lipinski definition) is 1. The minimum absolute atomic E-state index is 0.284. The van der Waals surface area contributed by atoms with Gasteiger partial charge < -0.3 is 0 Å². The van der Waals surface area contributed by atoms with Crippen LogP contribution in [0.5, 0.6) is 0 Å². The summed E-state index contributed by atoms with van der Waals surface area (Å²) in [6, 6.07) is 0.284. The van der Waals surface area contributed by atoms with Gasteiger partial charge in [-0.05, 0) is 6.08 Å². The Hall–Kier alpha value is -1.29. The number of hydrogen-bond donors (Lipinski definition) is 0. The SMILES string of the molecule is C1=C=NC2C=CC=CC2C=1. The van der Waals surface area contributed by atoms with E-state index < -0.39 is 0 Å². The first-order chi connectivity index (χ1) is 4.97. The molecular formula is C9H7N. The van der Waals surface area contributed by atoms with Crippen molar-refractivity contribution in [1.29, 1.82) is 0 Å². The Morgan fingerprint density at radius 2 is 2.10 bits per heavy atom. The van der Waals surface area contributed by atoms with Crippen molar-refractivity contribution in [3.63, 3.8) is 0 Å². The summed E-state index contributed by atoms with van der Waals surface area (Å²) in [5, 5.41) is 0. The first kappa shape index (κ1) is 5.49. The van der Waals surface area contributed by atoms with Gasteiger partial charge in [-0.2, -0.15) is 0 Å². The molecular weight excluding hydrogens is 122 g/mol. The summed E-state index contributed by atoms with van der Waals surface area (Å²) in [5.74, 6) is 3.14. The lowest BCUT2D eigenvalue weighted by molar-refractivity contribution is 0.687. The predicted octanol–water partition coefficient (Wildman–Crippen LogP) is 1.49. The molecule has 2 atom stereocenters. The van der Waals surface area contributed by atoms with E-state index in [9.17, 15) is 0 Å². The van der Waals surface area contributed by atoms with Crippen molar-refractivity contribution in [3.05, 3.63) is 36.1 Å². The lowest BCUT2D eigenvalue weighted by Crippen LogP contribution is -2.14. The fraction of sp³-hybridized carbons (Fsp3) is 0.222. The molecule has 0 radical (unpaired) electrons. The Morgan fingerprint density at radius 1 is 1.20 bits per heavy atom. The molecule has 1 nitrogen and oxygen atoms in total. The Bertz CT molecular complexity index is 254. The van der Waals surface area contributed by atoms with Crippen molar-refractivity contribution in [3.8, 4) is 0 Å². The van der Waals surface area contributed by atoms with E-state index >= 15 is 0 Å². The minimum atomic E-state index is 0.284. The van der Waals surface area contributed by atoms with Crippen LogP contribution in [0.1, 0.15) is 0 Å². The summed E-state index contributed by atoms with van der Waals surface area (Å²) in [6.07, 6.45) is 10.3. The van der Waals surface area contributed by atoms with Crippen LogP contribution in [0.15, 0.2) is 41.1 Å². The second kappa shape index (κ2) is 2.15. The molecule has 0 saturated heterocycles. The third-order valence-corrected chi connectivity index (χ3v) is 1.70. The Balaban J connectivity index is 2.40. The molecule has 0 aromatic heterocycles. The second-order valence-corrected chi connectivity index (χ2v) is 2.39. The van der Waals surface area contributed by atoms with Crippen LogP contribution in [0.4, 0.5) is 0 Å². The molecule has 2 rings (SSSR count). The largest absolute Gasteiger partial charge is 0.227 e. The van der Waals surface area contributed by atoms with Crippen LogP contribution in [-0.4, -0.2) is 11.9 Å². The fourth-order valence-electron chi connectivity index (χ4n) is 1.14. The first-order valence-corrected chi connectivity index (χ1v) is 3.35. The molecule has 0 fully saturated rings. The maximum absolute atomic E-state index is 4.12. The molecule has 0 aromatic rings. The highest BCUT2D eigenvalue weighted by Gasteiger charge is 2.14. The molecule has 0 amide bonds. The van der Waals surface area contributed by atoms with Crippen molar-refractivity contribution >= 4 is 5.87 Å². The molecule has 0 bridgehead atoms. The van der Waals surface area contributed by atoms with E-state index in [0.29, 0.717) is 5.92 Å². The molecule has 0 aromatic carbocycles. The van der Waals surface area contributed by atoms with Crippen LogP contribution in [0.2, 0.25) is 0 Å². The van der Waals surface area contributed by atoms with Crippen LogP contribution >= 0.6 is 0 Å². The van der Waals surface area contributed by atoms with Gasteiger partial charge in [-0.25, -0.2) is 4.99 Å². The van der Waals surface area contributed by atoms with E-state index in [2.05, 4.69) is 28.7 Å². The zero-order valence-electron chi connectivity index (χ0n) is 5.49. The highest BCUT2D eigenvalue weighted by atomic mass is 14.8. The topological polar surface area (TPSA) is 12.4 Å². The first-order valence-electron chi connectivity index (χ1n) is 3.35. The fourth-order valence-corrected chi connectivity index (χ4v) is 1.14. The van der Waals surface area contributed by atoms with Crippen LogP contribution < -0.4 is 0 Å². The maximum Gasteiger partial charge on any atom is 0.0887 e. The van der Waals surface area contributed by atoms with Gasteiger partial charge in [-0.3, -0.25) is 0 Å². The van der Waals surface area contributed by atoms with E-state index in [1.54, 1.807) is 0 Å². The maximum atomic E-state index is 4.12. The van der Waals surface area contributed by atoms with Gasteiger partial charge in [0.25, 0.3) is 0 Å². The summed E-state index contributed by atoms with van der Waals surface area (Å²) in [7, 11) is 0. The van der Waals surface area contributed by atoms with Crippen molar-refractivity contribution in [1.82, 2.24) is 0 Å². The average Bonchev–Trinajstić information content (AvgIpc) is 2.05. The van der Waals surface area contributed by atoms with Gasteiger partial charge in [0, 0.05) is 11.8 Å². The summed E-state index contributed by atoms with van der Waals surface area (Å²) in [4.78, 5) is 4.12. The zero-order chi connectivity index (χ0) is 6.81. The molecule has 10 heavy (non-hydrogen) atoms. The van der Waals surface area contributed by atoms with Gasteiger partial charge >= 0.3 is 0 Å². The van der Waals surface area contributed by atoms with Gasteiger partial charge in [0.2, 0.25) is 0 Å². The van der Waals surface area contributed by atoms with Crippen LogP contribution in [0.25, 0.3) is 0 Å². The number of allylic oxidation sites excluding steroid dienone is 2. The summed E-state index contributed by atoms with van der Waals surface area (Å²) < 4.78 is 0. The highest BCUT2D eigenvalue weighted by molar-refractivity contribution is 5.53. The molecule has 1 heterocycles. The molecule has 0 spiro atoms. The second-order valence-electron chi connectivity index (χ2n) is 2.39. The number of aliphatic imine (C=N–C) groups is 1. The van der Waals surface area contributed by atoms with E-state index in [0.717, 1.165) is 0 Å². The summed E-state index contributed by atoms with van der Waals surface area (Å²) in [5.41, 5.74) is 2.86. The minimum Gasteiger partial charge on any atom is -0.227 e. The van der Waals surface area contributed by atoms with Crippen molar-refractivity contribution in [2.24, 2.45) is 10.9 Å². The van der Waals surface area contributed by atoms with Crippen LogP contribution in [-0.2, 0) is 0 Å². The van der Waals surface area contributed by atoms with Crippen molar-refractivity contribution < 1.29 is 0 Å². The Labute approximate surface area is 59.8 Å². The predicted molar refractivity (Wildman–Crippen MR) is 41.1 cm³/mol. The zero-order valence-corrected chi connectivity index (χ0v) is 5.49. The normalized spacial score (nSPS) is 32.8. The standard InChI is InChI=1S/C9H7N/c1-2-6-9-8(4-1)5-3-7-10-9/h1-2,4-6,8-9H. The van der Waals surface area contributed by atoms with Gasteiger partial charge in [-0.15, -0.1) is 0 Å². The monoisotopic (exact) mass is 129 g/mol. The van der Waals surface area contributed by atoms with Gasteiger partial charge in [-0.1, -0.05) is 30.0 Å². The van der Waals surface area contributed by atoms with E-state index in [-0.39, 0.29) is 6.04 Å². The van der Waals surface area contributed by atoms with E-state index in [4.69, 9.17) is 0 Å². The van der Waals surface area contributed by atoms with Crippen molar-refractivity contribution in [2.75, 3.05) is 0 Å². The quantitative estimate of drug-likeness (QED) is 0.439. The van der Waals surface area contributed by atoms with Crippen LogP contribution in [0.3, 0.4) is 0 Å². The Morgan fingerprint density at radius 3 is 3.00 bits per heavy atom. The van der Waals surface area contributed by atoms with E-state index in [1.807, 2.05) is 18.2 Å². The Kier molecular flexibility index (Phi) is 1.18. The molecule has 48 valence electrons. The molecule has 2 unspecified atom stereocenters. The summed E-state index contributed by atoms with van der Waals surface area (Å²) >= 11 is 0. The number of rotatable bonds is 0. The van der Waals surface area contributed by atoms with Crippen LogP contribution in [0, 0.1) is 5.92 Å². The van der Waals surface area contributed by atoms with Gasteiger partial charge in [0.05, 0.1) is 6.04 Å². The third-order valence-electron chi connectivity index (χ3n) is 1.70. The molecule has 1 aliphatic heterocycles. The van der Waals surface area contributed by atoms with Gasteiger partial charge in [0.1, 0.15) is 0 Å². The number of nitrogens with zero attached hydrogens (tertiary/aromatic N) is 1. The van der Waals surface area contributed by atoms with E-state index in [1.165, 1.54) is 0 Å². The molecule has 0 N–H and O–H groups in total.